The van der Waals surface area contributed by atoms with Crippen molar-refractivity contribution in [2.24, 2.45) is 0 Å². The van der Waals surface area contributed by atoms with Gasteiger partial charge in [-0.1, -0.05) is 0 Å². The van der Waals surface area contributed by atoms with Gasteiger partial charge in [0, 0.05) is 35.4 Å². The Hall–Kier alpha value is -0.0100. The molecule has 0 aliphatic carbocycles. The molecule has 1 aromatic rings. The van der Waals surface area contributed by atoms with Crippen LogP contribution in [0.2, 0.25) is 0 Å². The smallest absolute Gasteiger partial charge is 0.0700 e. The van der Waals surface area contributed by atoms with Crippen molar-refractivity contribution in [3.63, 3.8) is 0 Å². The summed E-state index contributed by atoms with van der Waals surface area (Å²) in [6.07, 6.45) is 2.79. The Bertz CT molecular complexity index is 351. The zero-order valence-corrected chi connectivity index (χ0v) is 13.6. The summed E-state index contributed by atoms with van der Waals surface area (Å²) in [5.74, 6) is 0. The van der Waals surface area contributed by atoms with E-state index in [1.807, 2.05) is 6.07 Å². The highest BCUT2D eigenvalue weighted by Crippen LogP contribution is 2.19. The predicted molar refractivity (Wildman–Crippen MR) is 78.7 cm³/mol. The third-order valence-corrected chi connectivity index (χ3v) is 3.37. The van der Waals surface area contributed by atoms with Crippen LogP contribution in [-0.4, -0.2) is 38.5 Å². The molecule has 1 rings (SSSR count). The first-order chi connectivity index (χ1) is 8.74. The van der Waals surface area contributed by atoms with Gasteiger partial charge < -0.3 is 14.8 Å². The first kappa shape index (κ1) is 16.0. The van der Waals surface area contributed by atoms with E-state index in [-0.39, 0.29) is 0 Å². The van der Waals surface area contributed by atoms with E-state index in [0.717, 1.165) is 40.8 Å². The number of pyridine rings is 1. The summed E-state index contributed by atoms with van der Waals surface area (Å²) in [6.45, 7) is 3.74. The van der Waals surface area contributed by atoms with Crippen LogP contribution in [0.3, 0.4) is 0 Å². The monoisotopic (exact) mass is 380 g/mol. The molecule has 1 N–H and O–H groups in total. The lowest BCUT2D eigenvalue weighted by atomic mass is 10.3. The Morgan fingerprint density at radius 3 is 2.83 bits per heavy atom. The van der Waals surface area contributed by atoms with Crippen molar-refractivity contribution in [1.82, 2.24) is 10.3 Å². The minimum Gasteiger partial charge on any atom is -0.382 e. The van der Waals surface area contributed by atoms with Crippen LogP contribution in [0.1, 0.15) is 12.1 Å². The number of hydrogen-bond acceptors (Lipinski definition) is 4. The number of hydrogen-bond donors (Lipinski definition) is 1. The first-order valence-electron chi connectivity index (χ1n) is 5.81. The second kappa shape index (κ2) is 9.86. The normalized spacial score (nSPS) is 10.8. The molecule has 102 valence electrons. The number of nitrogens with zero attached hydrogens (tertiary/aromatic N) is 1. The summed E-state index contributed by atoms with van der Waals surface area (Å²) < 4.78 is 12.3. The molecular weight excluding hydrogens is 364 g/mol. The average molecular weight is 382 g/mol. The molecule has 0 fully saturated rings. The Morgan fingerprint density at radius 2 is 2.11 bits per heavy atom. The molecule has 4 nitrogen and oxygen atoms in total. The van der Waals surface area contributed by atoms with Gasteiger partial charge in [0.15, 0.2) is 0 Å². The topological polar surface area (TPSA) is 43.4 Å². The lowest BCUT2D eigenvalue weighted by Gasteiger charge is -2.07. The van der Waals surface area contributed by atoms with Gasteiger partial charge in [0.2, 0.25) is 0 Å². The van der Waals surface area contributed by atoms with Crippen LogP contribution >= 0.6 is 31.9 Å². The third-order valence-electron chi connectivity index (χ3n) is 2.25. The molecule has 0 spiro atoms. The minimum atomic E-state index is 0.656. The van der Waals surface area contributed by atoms with E-state index in [9.17, 15) is 0 Å². The second-order valence-electron chi connectivity index (χ2n) is 3.72. The molecular formula is C12H18Br2N2O2. The van der Waals surface area contributed by atoms with Gasteiger partial charge in [-0.3, -0.25) is 4.98 Å². The zero-order chi connectivity index (χ0) is 13.2. The Balaban J connectivity index is 2.07. The summed E-state index contributed by atoms with van der Waals surface area (Å²) >= 11 is 6.87. The fourth-order valence-electron chi connectivity index (χ4n) is 1.32. The maximum absolute atomic E-state index is 5.37. The molecule has 0 amide bonds. The van der Waals surface area contributed by atoms with Gasteiger partial charge in [-0.15, -0.1) is 0 Å². The van der Waals surface area contributed by atoms with Crippen molar-refractivity contribution in [2.75, 3.05) is 33.5 Å². The van der Waals surface area contributed by atoms with Gasteiger partial charge in [-0.05, 0) is 50.9 Å². The molecule has 0 aliphatic rings. The van der Waals surface area contributed by atoms with E-state index in [0.29, 0.717) is 13.2 Å². The molecule has 0 saturated heterocycles. The lowest BCUT2D eigenvalue weighted by Crippen LogP contribution is -2.18. The number of rotatable bonds is 9. The third kappa shape index (κ3) is 6.80. The van der Waals surface area contributed by atoms with E-state index in [4.69, 9.17) is 9.47 Å². The van der Waals surface area contributed by atoms with Crippen molar-refractivity contribution < 1.29 is 9.47 Å². The van der Waals surface area contributed by atoms with Crippen LogP contribution in [0.4, 0.5) is 0 Å². The lowest BCUT2D eigenvalue weighted by molar-refractivity contribution is 0.0694. The van der Waals surface area contributed by atoms with Gasteiger partial charge in [0.05, 0.1) is 18.9 Å². The zero-order valence-electron chi connectivity index (χ0n) is 10.4. The molecule has 1 heterocycles. The van der Waals surface area contributed by atoms with Gasteiger partial charge in [0.1, 0.15) is 0 Å². The second-order valence-corrected chi connectivity index (χ2v) is 5.49. The molecule has 0 unspecified atom stereocenters. The van der Waals surface area contributed by atoms with Crippen LogP contribution < -0.4 is 5.32 Å². The van der Waals surface area contributed by atoms with Crippen LogP contribution in [0.5, 0.6) is 0 Å². The number of aromatic nitrogens is 1. The van der Waals surface area contributed by atoms with E-state index in [1.54, 1.807) is 13.3 Å². The maximum Gasteiger partial charge on any atom is 0.0700 e. The van der Waals surface area contributed by atoms with E-state index < -0.39 is 0 Å². The van der Waals surface area contributed by atoms with Crippen LogP contribution in [-0.2, 0) is 16.0 Å². The molecule has 0 bridgehead atoms. The molecule has 0 radical (unpaired) electrons. The van der Waals surface area contributed by atoms with Gasteiger partial charge in [-0.2, -0.15) is 0 Å². The Labute approximate surface area is 125 Å². The summed E-state index contributed by atoms with van der Waals surface area (Å²) in [7, 11) is 1.67. The van der Waals surface area contributed by atoms with Crippen molar-refractivity contribution in [3.05, 3.63) is 26.9 Å². The van der Waals surface area contributed by atoms with Crippen LogP contribution in [0, 0.1) is 0 Å². The standard InChI is InChI=1S/C12H18Br2N2O2/c1-17-5-6-18-4-2-3-15-9-12-11(14)7-10(13)8-16-12/h7-8,15H,2-6,9H2,1H3. The highest BCUT2D eigenvalue weighted by Gasteiger charge is 2.01. The summed E-state index contributed by atoms with van der Waals surface area (Å²) in [5.41, 5.74) is 1.01. The molecule has 0 saturated carbocycles. The molecule has 0 atom stereocenters. The summed E-state index contributed by atoms with van der Waals surface area (Å²) in [6, 6.07) is 2.00. The van der Waals surface area contributed by atoms with Crippen molar-refractivity contribution in [3.8, 4) is 0 Å². The summed E-state index contributed by atoms with van der Waals surface area (Å²) in [5, 5.41) is 3.33. The largest absolute Gasteiger partial charge is 0.382 e. The number of halogens is 2. The molecule has 18 heavy (non-hydrogen) atoms. The van der Waals surface area contributed by atoms with E-state index >= 15 is 0 Å². The van der Waals surface area contributed by atoms with Crippen molar-refractivity contribution in [1.29, 1.82) is 0 Å². The van der Waals surface area contributed by atoms with Gasteiger partial charge in [0.25, 0.3) is 0 Å². The number of nitrogens with one attached hydrogen (secondary N) is 1. The van der Waals surface area contributed by atoms with Crippen molar-refractivity contribution in [2.45, 2.75) is 13.0 Å². The minimum absolute atomic E-state index is 0.656. The fraction of sp³-hybridized carbons (Fsp3) is 0.583. The fourth-order valence-corrected chi connectivity index (χ4v) is 2.45. The van der Waals surface area contributed by atoms with Gasteiger partial charge in [-0.25, -0.2) is 0 Å². The Morgan fingerprint density at radius 1 is 1.28 bits per heavy atom. The highest BCUT2D eigenvalue weighted by molar-refractivity contribution is 9.11. The summed E-state index contributed by atoms with van der Waals surface area (Å²) in [4.78, 5) is 4.33. The van der Waals surface area contributed by atoms with Gasteiger partial charge >= 0.3 is 0 Å². The Kier molecular flexibility index (Phi) is 8.79. The maximum atomic E-state index is 5.37. The number of ether oxygens (including phenoxy) is 2. The predicted octanol–water partition coefficient (Wildman–Crippen LogP) is 2.75. The molecule has 0 aromatic carbocycles. The SMILES string of the molecule is COCCOCCCNCc1ncc(Br)cc1Br. The molecule has 0 aliphatic heterocycles. The first-order valence-corrected chi connectivity index (χ1v) is 7.40. The average Bonchev–Trinajstić information content (AvgIpc) is 2.35. The van der Waals surface area contributed by atoms with Crippen LogP contribution in [0.15, 0.2) is 21.2 Å². The van der Waals surface area contributed by atoms with Crippen LogP contribution in [0.25, 0.3) is 0 Å². The van der Waals surface area contributed by atoms with Crippen molar-refractivity contribution >= 4 is 31.9 Å². The highest BCUT2D eigenvalue weighted by atomic mass is 79.9. The molecule has 6 heteroatoms. The van der Waals surface area contributed by atoms with E-state index in [1.165, 1.54) is 0 Å². The molecule has 1 aromatic heterocycles. The quantitative estimate of drug-likeness (QED) is 0.668. The van der Waals surface area contributed by atoms with E-state index in [2.05, 4.69) is 42.2 Å². The number of methoxy groups -OCH3 is 1.